The number of nitrogens with zero attached hydrogens (tertiary/aromatic N) is 2. The van der Waals surface area contributed by atoms with Gasteiger partial charge in [0.1, 0.15) is 0 Å². The summed E-state index contributed by atoms with van der Waals surface area (Å²) in [7, 11) is 0. The second-order valence-corrected chi connectivity index (χ2v) is 4.70. The molecule has 1 fully saturated rings. The van der Waals surface area contributed by atoms with Crippen molar-refractivity contribution >= 4 is 5.91 Å². The fourth-order valence-electron chi connectivity index (χ4n) is 2.36. The molecule has 18 heavy (non-hydrogen) atoms. The fourth-order valence-corrected chi connectivity index (χ4v) is 2.36. The Bertz CT molecular complexity index is 415. The van der Waals surface area contributed by atoms with Gasteiger partial charge in [0.25, 0.3) is 5.91 Å². The van der Waals surface area contributed by atoms with Crippen molar-refractivity contribution in [3.63, 3.8) is 0 Å². The van der Waals surface area contributed by atoms with Crippen LogP contribution < -0.4 is 11.1 Å². The Labute approximate surface area is 107 Å². The van der Waals surface area contributed by atoms with Gasteiger partial charge in [-0.05, 0) is 19.1 Å². The molecule has 0 bridgehead atoms. The zero-order valence-electron chi connectivity index (χ0n) is 10.7. The Kier molecular flexibility index (Phi) is 4.28. The summed E-state index contributed by atoms with van der Waals surface area (Å²) in [6.45, 7) is 6.30. The van der Waals surface area contributed by atoms with Crippen molar-refractivity contribution in [2.45, 2.75) is 19.4 Å². The number of aromatic nitrogens is 1. The first-order valence-electron chi connectivity index (χ1n) is 6.37. The van der Waals surface area contributed by atoms with Gasteiger partial charge < -0.3 is 11.1 Å². The Morgan fingerprint density at radius 2 is 2.28 bits per heavy atom. The fraction of sp³-hybridized carbons (Fsp3) is 0.538. The minimum absolute atomic E-state index is 0.375. The van der Waals surface area contributed by atoms with E-state index in [1.54, 1.807) is 18.3 Å². The lowest BCUT2D eigenvalue weighted by molar-refractivity contribution is 0.0998. The summed E-state index contributed by atoms with van der Waals surface area (Å²) < 4.78 is 0. The molecule has 5 heteroatoms. The summed E-state index contributed by atoms with van der Waals surface area (Å²) in [6.07, 6.45) is 2.48. The molecular weight excluding hydrogens is 228 g/mol. The number of nitrogens with two attached hydrogens (primary N) is 1. The van der Waals surface area contributed by atoms with Crippen LogP contribution in [0.1, 0.15) is 23.0 Å². The van der Waals surface area contributed by atoms with Crippen molar-refractivity contribution < 1.29 is 4.79 Å². The smallest absolute Gasteiger partial charge is 0.250 e. The van der Waals surface area contributed by atoms with Crippen LogP contribution in [0.2, 0.25) is 0 Å². The second-order valence-electron chi connectivity index (χ2n) is 4.70. The molecule has 0 radical (unpaired) electrons. The monoisotopic (exact) mass is 248 g/mol. The van der Waals surface area contributed by atoms with Crippen molar-refractivity contribution in [2.75, 3.05) is 26.2 Å². The average Bonchev–Trinajstić information content (AvgIpc) is 2.40. The molecule has 1 amide bonds. The van der Waals surface area contributed by atoms with Gasteiger partial charge in [0.15, 0.2) is 0 Å². The summed E-state index contributed by atoms with van der Waals surface area (Å²) in [5, 5.41) is 3.33. The van der Waals surface area contributed by atoms with Gasteiger partial charge in [0.05, 0.1) is 11.3 Å². The molecule has 0 aliphatic carbocycles. The van der Waals surface area contributed by atoms with E-state index in [1.165, 1.54) is 0 Å². The normalized spacial score (nSPS) is 18.5. The summed E-state index contributed by atoms with van der Waals surface area (Å²) in [4.78, 5) is 18.0. The molecule has 3 N–H and O–H groups in total. The van der Waals surface area contributed by atoms with Crippen molar-refractivity contribution in [3.05, 3.63) is 29.6 Å². The topological polar surface area (TPSA) is 71.2 Å². The second kappa shape index (κ2) is 5.93. The van der Waals surface area contributed by atoms with E-state index in [9.17, 15) is 4.79 Å². The van der Waals surface area contributed by atoms with Crippen molar-refractivity contribution in [1.82, 2.24) is 15.2 Å². The predicted molar refractivity (Wildman–Crippen MR) is 70.4 cm³/mol. The Morgan fingerprint density at radius 3 is 2.94 bits per heavy atom. The molecule has 2 rings (SSSR count). The van der Waals surface area contributed by atoms with Crippen LogP contribution in [0.5, 0.6) is 0 Å². The number of piperazine rings is 1. The van der Waals surface area contributed by atoms with Crippen molar-refractivity contribution in [2.24, 2.45) is 5.73 Å². The maximum absolute atomic E-state index is 11.3. The van der Waals surface area contributed by atoms with Crippen LogP contribution in [0.25, 0.3) is 0 Å². The number of carbonyl (C=O) groups excluding carboxylic acids is 1. The average molecular weight is 248 g/mol. The van der Waals surface area contributed by atoms with E-state index in [4.69, 9.17) is 5.73 Å². The number of rotatable bonds is 4. The quantitative estimate of drug-likeness (QED) is 0.788. The van der Waals surface area contributed by atoms with Gasteiger partial charge in [0.2, 0.25) is 0 Å². The number of primary amides is 1. The van der Waals surface area contributed by atoms with Gasteiger partial charge in [-0.3, -0.25) is 14.7 Å². The summed E-state index contributed by atoms with van der Waals surface area (Å²) in [6, 6.07) is 3.87. The Hall–Kier alpha value is -1.46. The predicted octanol–water partition coefficient (Wildman–Crippen LogP) is 0.0167. The highest BCUT2D eigenvalue weighted by atomic mass is 16.1. The van der Waals surface area contributed by atoms with E-state index in [0.29, 0.717) is 11.6 Å². The molecule has 0 aromatic carbocycles. The summed E-state index contributed by atoms with van der Waals surface area (Å²) in [5.41, 5.74) is 6.71. The first kappa shape index (κ1) is 13.0. The zero-order valence-corrected chi connectivity index (χ0v) is 10.7. The molecule has 1 aromatic rings. The molecule has 1 saturated heterocycles. The minimum Gasteiger partial charge on any atom is -0.366 e. The number of hydrogen-bond acceptors (Lipinski definition) is 4. The molecule has 5 nitrogen and oxygen atoms in total. The molecule has 2 heterocycles. The molecular formula is C13H20N4O. The highest BCUT2D eigenvalue weighted by Gasteiger charge is 2.19. The molecule has 0 spiro atoms. The van der Waals surface area contributed by atoms with Crippen LogP contribution >= 0.6 is 0 Å². The molecule has 98 valence electrons. The first-order valence-corrected chi connectivity index (χ1v) is 6.37. The lowest BCUT2D eigenvalue weighted by Crippen LogP contribution is -2.48. The highest BCUT2D eigenvalue weighted by molar-refractivity contribution is 5.93. The van der Waals surface area contributed by atoms with Crippen LogP contribution in [-0.2, 0) is 6.42 Å². The summed E-state index contributed by atoms with van der Waals surface area (Å²) >= 11 is 0. The van der Waals surface area contributed by atoms with E-state index in [1.807, 2.05) is 0 Å². The van der Waals surface area contributed by atoms with Crippen molar-refractivity contribution in [1.29, 1.82) is 0 Å². The van der Waals surface area contributed by atoms with Crippen LogP contribution in [0.4, 0.5) is 0 Å². The van der Waals surface area contributed by atoms with E-state index < -0.39 is 5.91 Å². The lowest BCUT2D eigenvalue weighted by atomic mass is 10.1. The van der Waals surface area contributed by atoms with Crippen molar-refractivity contribution in [3.8, 4) is 0 Å². The van der Waals surface area contributed by atoms with Gasteiger partial charge in [-0.2, -0.15) is 0 Å². The maximum Gasteiger partial charge on any atom is 0.250 e. The van der Waals surface area contributed by atoms with Gasteiger partial charge >= 0.3 is 0 Å². The van der Waals surface area contributed by atoms with Crippen LogP contribution in [-0.4, -0.2) is 48.0 Å². The number of nitrogens with one attached hydrogen (secondary N) is 1. The highest BCUT2D eigenvalue weighted by Crippen LogP contribution is 2.11. The van der Waals surface area contributed by atoms with Gasteiger partial charge in [-0.1, -0.05) is 0 Å². The molecule has 0 unspecified atom stereocenters. The number of hydrogen-bond donors (Lipinski definition) is 2. The molecule has 1 aliphatic heterocycles. The van der Waals surface area contributed by atoms with Crippen LogP contribution in [0.3, 0.4) is 0 Å². The third-order valence-corrected chi connectivity index (χ3v) is 3.42. The zero-order chi connectivity index (χ0) is 13.0. The number of carbonyl (C=O) groups is 1. The number of pyridine rings is 1. The number of amides is 1. The standard InChI is InChI=1S/C13H20N4O/c1-10(17-7-5-15-6-8-17)9-12-11(13(14)18)3-2-4-16-12/h2-4,10,15H,5-9H2,1H3,(H2,14,18)/t10-/m1/s1. The van der Waals surface area contributed by atoms with E-state index >= 15 is 0 Å². The first-order chi connectivity index (χ1) is 8.68. The molecule has 1 aromatic heterocycles. The van der Waals surface area contributed by atoms with E-state index in [2.05, 4.69) is 22.1 Å². The third-order valence-electron chi connectivity index (χ3n) is 3.42. The van der Waals surface area contributed by atoms with Crippen LogP contribution in [0, 0.1) is 0 Å². The molecule has 0 saturated carbocycles. The lowest BCUT2D eigenvalue weighted by Gasteiger charge is -2.32. The Morgan fingerprint density at radius 1 is 1.56 bits per heavy atom. The van der Waals surface area contributed by atoms with E-state index in [0.717, 1.165) is 38.3 Å². The SMILES string of the molecule is C[C@H](Cc1ncccc1C(N)=O)N1CCNCC1. The molecule has 1 atom stereocenters. The summed E-state index contributed by atoms with van der Waals surface area (Å²) in [5.74, 6) is -0.398. The molecule has 1 aliphatic rings. The maximum atomic E-state index is 11.3. The third kappa shape index (κ3) is 3.05. The van der Waals surface area contributed by atoms with E-state index in [-0.39, 0.29) is 0 Å². The largest absolute Gasteiger partial charge is 0.366 e. The minimum atomic E-state index is -0.398. The Balaban J connectivity index is 2.06. The van der Waals surface area contributed by atoms with Gasteiger partial charge in [-0.25, -0.2) is 0 Å². The van der Waals surface area contributed by atoms with Gasteiger partial charge in [-0.15, -0.1) is 0 Å². The van der Waals surface area contributed by atoms with Gasteiger partial charge in [0, 0.05) is 44.8 Å². The van der Waals surface area contributed by atoms with Crippen LogP contribution in [0.15, 0.2) is 18.3 Å².